The van der Waals surface area contributed by atoms with Crippen molar-refractivity contribution in [3.05, 3.63) is 35.8 Å². The molecule has 118 valence electrons. The van der Waals surface area contributed by atoms with E-state index in [0.29, 0.717) is 17.7 Å². The van der Waals surface area contributed by atoms with Gasteiger partial charge in [-0.05, 0) is 49.6 Å². The van der Waals surface area contributed by atoms with Crippen LogP contribution in [0.25, 0.3) is 10.9 Å². The average molecular weight is 324 g/mol. The van der Waals surface area contributed by atoms with Gasteiger partial charge in [-0.3, -0.25) is 4.79 Å². The van der Waals surface area contributed by atoms with Crippen LogP contribution in [0.2, 0.25) is 0 Å². The molecule has 2 aromatic rings. The molecule has 2 aliphatic rings. The molecule has 0 unspecified atom stereocenters. The number of benzene rings is 1. The summed E-state index contributed by atoms with van der Waals surface area (Å²) in [5, 5.41) is 4.24. The lowest BCUT2D eigenvalue weighted by Crippen LogP contribution is -2.41. The van der Waals surface area contributed by atoms with Gasteiger partial charge in [-0.25, -0.2) is 4.39 Å². The lowest BCUT2D eigenvalue weighted by Gasteiger charge is -2.24. The van der Waals surface area contributed by atoms with Crippen molar-refractivity contribution in [3.63, 3.8) is 0 Å². The van der Waals surface area contributed by atoms with Gasteiger partial charge in [-0.2, -0.15) is 0 Å². The Labute approximate surface area is 134 Å². The quantitative estimate of drug-likeness (QED) is 0.847. The molecule has 6 heteroatoms. The predicted molar refractivity (Wildman–Crippen MR) is 85.9 cm³/mol. The molecule has 2 atom stereocenters. The number of hydrogen-bond donors (Lipinski definition) is 2. The van der Waals surface area contributed by atoms with E-state index in [1.54, 1.807) is 12.1 Å². The van der Waals surface area contributed by atoms with E-state index >= 15 is 0 Å². The number of carbonyl (C=O) groups excluding carboxylic acids is 1. The van der Waals surface area contributed by atoms with E-state index < -0.39 is 0 Å². The summed E-state index contributed by atoms with van der Waals surface area (Å²) >= 11 is 0. The highest BCUT2D eigenvalue weighted by molar-refractivity contribution is 5.98. The molecule has 2 N–H and O–H groups in total. The Morgan fingerprint density at radius 2 is 2.14 bits per heavy atom. The molecule has 1 aromatic carbocycles. The second-order valence-electron chi connectivity index (χ2n) is 6.09. The molecule has 22 heavy (non-hydrogen) atoms. The number of aromatic amines is 1. The zero-order chi connectivity index (χ0) is 14.4. The van der Waals surface area contributed by atoms with Crippen molar-refractivity contribution in [2.24, 2.45) is 5.92 Å². The third kappa shape index (κ3) is 2.59. The molecule has 2 aliphatic heterocycles. The molecular weight excluding hydrogens is 305 g/mol. The second-order valence-corrected chi connectivity index (χ2v) is 6.09. The Morgan fingerprint density at radius 1 is 1.27 bits per heavy atom. The van der Waals surface area contributed by atoms with Crippen molar-refractivity contribution in [1.82, 2.24) is 15.2 Å². The topological polar surface area (TPSA) is 48.1 Å². The summed E-state index contributed by atoms with van der Waals surface area (Å²) in [6.07, 6.45) is 2.38. The third-order valence-corrected chi connectivity index (χ3v) is 4.70. The van der Waals surface area contributed by atoms with Crippen molar-refractivity contribution < 1.29 is 9.18 Å². The first-order valence-corrected chi connectivity index (χ1v) is 7.51. The van der Waals surface area contributed by atoms with Gasteiger partial charge < -0.3 is 15.2 Å². The lowest BCUT2D eigenvalue weighted by molar-refractivity contribution is 0.0781. The molecule has 0 spiro atoms. The number of piperidine rings is 1. The van der Waals surface area contributed by atoms with Crippen LogP contribution in [-0.4, -0.2) is 41.5 Å². The van der Waals surface area contributed by atoms with Crippen LogP contribution in [0, 0.1) is 11.7 Å². The molecule has 2 saturated heterocycles. The molecule has 4 rings (SSSR count). The van der Waals surface area contributed by atoms with Crippen LogP contribution in [0.5, 0.6) is 0 Å². The summed E-state index contributed by atoms with van der Waals surface area (Å²) in [6.45, 7) is 2.64. The summed E-state index contributed by atoms with van der Waals surface area (Å²) in [4.78, 5) is 17.6. The predicted octanol–water partition coefficient (Wildman–Crippen LogP) is 2.55. The number of halogens is 2. The molecule has 2 fully saturated rings. The molecule has 3 heterocycles. The minimum absolute atomic E-state index is 0. The smallest absolute Gasteiger partial charge is 0.270 e. The highest BCUT2D eigenvalue weighted by Gasteiger charge is 2.36. The highest BCUT2D eigenvalue weighted by atomic mass is 35.5. The van der Waals surface area contributed by atoms with Crippen LogP contribution in [0.1, 0.15) is 23.3 Å². The number of fused-ring (bicyclic) bond motifs is 2. The third-order valence-electron chi connectivity index (χ3n) is 4.70. The SMILES string of the molecule is Cl.O=C(c1cc2cc(F)ccc2[nH]1)N1C[C@H]2CCCN[C@H]2C1. The summed E-state index contributed by atoms with van der Waals surface area (Å²) in [7, 11) is 0. The van der Waals surface area contributed by atoms with Crippen LogP contribution >= 0.6 is 12.4 Å². The monoisotopic (exact) mass is 323 g/mol. The van der Waals surface area contributed by atoms with Gasteiger partial charge in [0.1, 0.15) is 11.5 Å². The minimum atomic E-state index is -0.281. The molecule has 1 aromatic heterocycles. The van der Waals surface area contributed by atoms with Gasteiger partial charge in [-0.15, -0.1) is 12.4 Å². The zero-order valence-corrected chi connectivity index (χ0v) is 13.0. The average Bonchev–Trinajstić information content (AvgIpc) is 3.09. The fourth-order valence-electron chi connectivity index (χ4n) is 3.60. The maximum absolute atomic E-state index is 13.2. The zero-order valence-electron chi connectivity index (χ0n) is 12.1. The molecule has 0 aliphatic carbocycles. The van der Waals surface area contributed by atoms with Crippen molar-refractivity contribution in [3.8, 4) is 0 Å². The number of H-pyrrole nitrogens is 1. The van der Waals surface area contributed by atoms with Crippen LogP contribution in [0.15, 0.2) is 24.3 Å². The van der Waals surface area contributed by atoms with Crippen molar-refractivity contribution in [2.45, 2.75) is 18.9 Å². The summed E-state index contributed by atoms with van der Waals surface area (Å²) in [5.41, 5.74) is 1.35. The fraction of sp³-hybridized carbons (Fsp3) is 0.438. The number of nitrogens with zero attached hydrogens (tertiary/aromatic N) is 1. The second kappa shape index (κ2) is 5.89. The van der Waals surface area contributed by atoms with Crippen LogP contribution in [0.4, 0.5) is 4.39 Å². The van der Waals surface area contributed by atoms with Gasteiger partial charge in [0.15, 0.2) is 0 Å². The first-order valence-electron chi connectivity index (χ1n) is 7.51. The van der Waals surface area contributed by atoms with E-state index in [2.05, 4.69) is 10.3 Å². The molecule has 0 radical (unpaired) electrons. The Bertz CT molecular complexity index is 688. The number of likely N-dealkylation sites (tertiary alicyclic amines) is 1. The number of nitrogens with one attached hydrogen (secondary N) is 2. The van der Waals surface area contributed by atoms with E-state index in [1.807, 2.05) is 4.90 Å². The van der Waals surface area contributed by atoms with E-state index in [-0.39, 0.29) is 24.1 Å². The van der Waals surface area contributed by atoms with Gasteiger partial charge in [0.25, 0.3) is 5.91 Å². The van der Waals surface area contributed by atoms with E-state index in [9.17, 15) is 9.18 Å². The molecule has 4 nitrogen and oxygen atoms in total. The molecule has 1 amide bonds. The van der Waals surface area contributed by atoms with Crippen molar-refractivity contribution in [1.29, 1.82) is 0 Å². The van der Waals surface area contributed by atoms with Crippen LogP contribution in [0.3, 0.4) is 0 Å². The highest BCUT2D eigenvalue weighted by Crippen LogP contribution is 2.26. The van der Waals surface area contributed by atoms with Crippen LogP contribution < -0.4 is 5.32 Å². The molecule has 0 saturated carbocycles. The number of hydrogen-bond acceptors (Lipinski definition) is 2. The maximum atomic E-state index is 13.2. The standard InChI is InChI=1S/C16H18FN3O.ClH/c17-12-3-4-13-11(6-12)7-14(19-13)16(21)20-8-10-2-1-5-18-15(10)9-20;/h3-4,6-7,10,15,18-19H,1-2,5,8-9H2;1H/t10-,15+;/m1./s1. The van der Waals surface area contributed by atoms with Gasteiger partial charge in [0.2, 0.25) is 0 Å². The molecular formula is C16H19ClFN3O. The van der Waals surface area contributed by atoms with Crippen molar-refractivity contribution in [2.75, 3.05) is 19.6 Å². The first kappa shape index (κ1) is 15.3. The van der Waals surface area contributed by atoms with E-state index in [0.717, 1.165) is 30.5 Å². The Hall–Kier alpha value is -1.59. The van der Waals surface area contributed by atoms with E-state index in [1.165, 1.54) is 25.0 Å². The Balaban J connectivity index is 0.00000144. The summed E-state index contributed by atoms with van der Waals surface area (Å²) in [5.74, 6) is 0.309. The normalized spacial score (nSPS) is 24.1. The van der Waals surface area contributed by atoms with Crippen molar-refractivity contribution >= 4 is 29.2 Å². The number of carbonyl (C=O) groups is 1. The first-order chi connectivity index (χ1) is 10.2. The number of rotatable bonds is 1. The number of aromatic nitrogens is 1. The Morgan fingerprint density at radius 3 is 2.95 bits per heavy atom. The van der Waals surface area contributed by atoms with E-state index in [4.69, 9.17) is 0 Å². The van der Waals surface area contributed by atoms with Gasteiger partial charge in [0.05, 0.1) is 0 Å². The molecule has 0 bridgehead atoms. The van der Waals surface area contributed by atoms with Crippen LogP contribution in [-0.2, 0) is 0 Å². The number of amides is 1. The van der Waals surface area contributed by atoms with Gasteiger partial charge in [-0.1, -0.05) is 0 Å². The Kier molecular flexibility index (Phi) is 4.10. The minimum Gasteiger partial charge on any atom is -0.351 e. The fourth-order valence-corrected chi connectivity index (χ4v) is 3.60. The summed E-state index contributed by atoms with van der Waals surface area (Å²) < 4.78 is 13.2. The van der Waals surface area contributed by atoms with Gasteiger partial charge >= 0.3 is 0 Å². The largest absolute Gasteiger partial charge is 0.351 e. The maximum Gasteiger partial charge on any atom is 0.270 e. The van der Waals surface area contributed by atoms with Gasteiger partial charge in [0, 0.05) is 30.0 Å². The lowest BCUT2D eigenvalue weighted by atomic mass is 9.94. The summed E-state index contributed by atoms with van der Waals surface area (Å²) in [6, 6.07) is 6.71.